The molecule has 2 aliphatic rings. The van der Waals surface area contributed by atoms with Gasteiger partial charge in [-0.3, -0.25) is 0 Å². The summed E-state index contributed by atoms with van der Waals surface area (Å²) in [6.07, 6.45) is 4.25. The SMILES string of the molecule is Cc1nc(NC2CCC3CC32)sc1C. The van der Waals surface area contributed by atoms with Crippen LogP contribution in [0.5, 0.6) is 0 Å². The number of nitrogens with zero attached hydrogens (tertiary/aromatic N) is 1. The Kier molecular flexibility index (Phi) is 1.84. The highest BCUT2D eigenvalue weighted by Gasteiger charge is 2.48. The molecule has 1 N–H and O–H groups in total. The zero-order chi connectivity index (χ0) is 9.71. The Morgan fingerprint density at radius 1 is 1.36 bits per heavy atom. The van der Waals surface area contributed by atoms with Crippen LogP contribution in [0.1, 0.15) is 29.8 Å². The van der Waals surface area contributed by atoms with Crippen LogP contribution in [-0.2, 0) is 0 Å². The Hall–Kier alpha value is -0.570. The molecule has 0 saturated heterocycles. The van der Waals surface area contributed by atoms with E-state index in [1.54, 1.807) is 11.3 Å². The van der Waals surface area contributed by atoms with Crippen LogP contribution in [0, 0.1) is 25.7 Å². The predicted octanol–water partition coefficient (Wildman–Crippen LogP) is 2.97. The van der Waals surface area contributed by atoms with Gasteiger partial charge in [0, 0.05) is 10.9 Å². The van der Waals surface area contributed by atoms with E-state index in [0.29, 0.717) is 0 Å². The minimum atomic E-state index is 0.727. The smallest absolute Gasteiger partial charge is 0.183 e. The molecule has 3 atom stereocenters. The summed E-state index contributed by atoms with van der Waals surface area (Å²) in [5, 5.41) is 4.74. The molecule has 76 valence electrons. The van der Waals surface area contributed by atoms with Gasteiger partial charge in [0.1, 0.15) is 0 Å². The molecule has 1 heterocycles. The van der Waals surface area contributed by atoms with Crippen LogP contribution in [0.4, 0.5) is 5.13 Å². The van der Waals surface area contributed by atoms with Crippen molar-refractivity contribution in [1.29, 1.82) is 0 Å². The summed E-state index contributed by atoms with van der Waals surface area (Å²) in [7, 11) is 0. The maximum absolute atomic E-state index is 4.53. The summed E-state index contributed by atoms with van der Waals surface area (Å²) in [5.74, 6) is 2.02. The minimum Gasteiger partial charge on any atom is -0.358 e. The zero-order valence-electron chi connectivity index (χ0n) is 8.71. The van der Waals surface area contributed by atoms with Gasteiger partial charge in [-0.25, -0.2) is 4.98 Å². The third-order valence-corrected chi connectivity index (χ3v) is 4.68. The van der Waals surface area contributed by atoms with Crippen molar-refractivity contribution in [2.45, 2.75) is 39.2 Å². The maximum atomic E-state index is 4.53. The Morgan fingerprint density at radius 2 is 2.21 bits per heavy atom. The number of thiazole rings is 1. The highest BCUT2D eigenvalue weighted by Crippen LogP contribution is 2.52. The molecule has 0 aromatic carbocycles. The Balaban J connectivity index is 1.71. The lowest BCUT2D eigenvalue weighted by Gasteiger charge is -2.12. The van der Waals surface area contributed by atoms with Gasteiger partial charge in [0.05, 0.1) is 5.69 Å². The van der Waals surface area contributed by atoms with E-state index in [0.717, 1.165) is 23.0 Å². The van der Waals surface area contributed by atoms with Crippen molar-refractivity contribution >= 4 is 16.5 Å². The minimum absolute atomic E-state index is 0.727. The first-order valence-electron chi connectivity index (χ1n) is 5.44. The van der Waals surface area contributed by atoms with Crippen LogP contribution in [0.25, 0.3) is 0 Å². The Labute approximate surface area is 88.7 Å². The normalized spacial score (nSPS) is 34.3. The van der Waals surface area contributed by atoms with E-state index >= 15 is 0 Å². The molecule has 1 aromatic heterocycles. The van der Waals surface area contributed by atoms with Crippen LogP contribution in [0.15, 0.2) is 0 Å². The van der Waals surface area contributed by atoms with Crippen LogP contribution in [0.3, 0.4) is 0 Å². The van der Waals surface area contributed by atoms with E-state index in [1.807, 2.05) is 0 Å². The average Bonchev–Trinajstić information content (AvgIpc) is 2.73. The number of hydrogen-bond acceptors (Lipinski definition) is 3. The molecule has 14 heavy (non-hydrogen) atoms. The molecule has 3 heteroatoms. The number of anilines is 1. The third kappa shape index (κ3) is 1.34. The molecule has 0 bridgehead atoms. The summed E-state index contributed by atoms with van der Waals surface area (Å²) in [5.41, 5.74) is 1.18. The molecule has 2 nitrogen and oxygen atoms in total. The van der Waals surface area contributed by atoms with E-state index < -0.39 is 0 Å². The second-order valence-corrected chi connectivity index (χ2v) is 5.85. The molecule has 2 aliphatic carbocycles. The van der Waals surface area contributed by atoms with Crippen molar-refractivity contribution in [3.8, 4) is 0 Å². The van der Waals surface area contributed by atoms with Crippen LogP contribution in [0.2, 0.25) is 0 Å². The molecule has 0 amide bonds. The lowest BCUT2D eigenvalue weighted by atomic mass is 10.2. The molecular weight excluding hydrogens is 192 g/mol. The third-order valence-electron chi connectivity index (χ3n) is 3.68. The summed E-state index contributed by atoms with van der Waals surface area (Å²) in [6, 6.07) is 0.727. The molecule has 3 unspecified atom stereocenters. The number of rotatable bonds is 2. The number of nitrogens with one attached hydrogen (secondary N) is 1. The van der Waals surface area contributed by atoms with E-state index in [1.165, 1.54) is 29.8 Å². The molecule has 1 aromatic rings. The largest absolute Gasteiger partial charge is 0.358 e. The van der Waals surface area contributed by atoms with Gasteiger partial charge < -0.3 is 5.32 Å². The molecule has 2 fully saturated rings. The highest BCUT2D eigenvalue weighted by atomic mass is 32.1. The van der Waals surface area contributed by atoms with E-state index in [9.17, 15) is 0 Å². The maximum Gasteiger partial charge on any atom is 0.183 e. The lowest BCUT2D eigenvalue weighted by molar-refractivity contribution is 0.653. The number of aromatic nitrogens is 1. The Bertz CT molecular complexity index is 339. The van der Waals surface area contributed by atoms with Gasteiger partial charge in [0.15, 0.2) is 5.13 Å². The second-order valence-electron chi connectivity index (χ2n) is 4.65. The van der Waals surface area contributed by atoms with Crippen molar-refractivity contribution in [2.75, 3.05) is 5.32 Å². The van der Waals surface area contributed by atoms with Crippen molar-refractivity contribution < 1.29 is 0 Å². The van der Waals surface area contributed by atoms with Gasteiger partial charge in [0.25, 0.3) is 0 Å². The van der Waals surface area contributed by atoms with E-state index in [-0.39, 0.29) is 0 Å². The first-order valence-corrected chi connectivity index (χ1v) is 6.26. The van der Waals surface area contributed by atoms with Crippen LogP contribution >= 0.6 is 11.3 Å². The van der Waals surface area contributed by atoms with Crippen molar-refractivity contribution in [3.05, 3.63) is 10.6 Å². The highest BCUT2D eigenvalue weighted by molar-refractivity contribution is 7.15. The van der Waals surface area contributed by atoms with Crippen molar-refractivity contribution in [1.82, 2.24) is 4.98 Å². The average molecular weight is 208 g/mol. The first kappa shape index (κ1) is 8.72. The fourth-order valence-corrected chi connectivity index (χ4v) is 3.45. The monoisotopic (exact) mass is 208 g/mol. The summed E-state index contributed by atoms with van der Waals surface area (Å²) < 4.78 is 0. The van der Waals surface area contributed by atoms with Gasteiger partial charge in [-0.1, -0.05) is 0 Å². The predicted molar refractivity (Wildman–Crippen MR) is 59.8 cm³/mol. The number of aryl methyl sites for hydroxylation is 2. The molecule has 2 saturated carbocycles. The molecule has 0 radical (unpaired) electrons. The van der Waals surface area contributed by atoms with E-state index in [2.05, 4.69) is 24.1 Å². The van der Waals surface area contributed by atoms with E-state index in [4.69, 9.17) is 0 Å². The van der Waals surface area contributed by atoms with Gasteiger partial charge in [-0.15, -0.1) is 11.3 Å². The fraction of sp³-hybridized carbons (Fsp3) is 0.727. The fourth-order valence-electron chi connectivity index (χ4n) is 2.58. The van der Waals surface area contributed by atoms with Crippen LogP contribution in [-0.4, -0.2) is 11.0 Å². The quantitative estimate of drug-likeness (QED) is 0.808. The summed E-state index contributed by atoms with van der Waals surface area (Å²) in [4.78, 5) is 5.88. The lowest BCUT2D eigenvalue weighted by Crippen LogP contribution is -2.18. The molecule has 0 aliphatic heterocycles. The number of fused-ring (bicyclic) bond motifs is 1. The summed E-state index contributed by atoms with van der Waals surface area (Å²) in [6.45, 7) is 4.23. The van der Waals surface area contributed by atoms with Gasteiger partial charge >= 0.3 is 0 Å². The van der Waals surface area contributed by atoms with Gasteiger partial charge in [-0.05, 0) is 44.9 Å². The summed E-state index contributed by atoms with van der Waals surface area (Å²) >= 11 is 1.80. The zero-order valence-corrected chi connectivity index (χ0v) is 9.53. The van der Waals surface area contributed by atoms with Crippen molar-refractivity contribution in [2.24, 2.45) is 11.8 Å². The second kappa shape index (κ2) is 2.96. The topological polar surface area (TPSA) is 24.9 Å². The number of hydrogen-bond donors (Lipinski definition) is 1. The molecular formula is C11H16N2S. The van der Waals surface area contributed by atoms with Gasteiger partial charge in [-0.2, -0.15) is 0 Å². The molecule has 3 rings (SSSR count). The standard InChI is InChI=1S/C11H16N2S/c1-6-7(2)14-11(12-6)13-10-4-3-8-5-9(8)10/h8-10H,3-5H2,1-2H3,(H,12,13). The first-order chi connectivity index (χ1) is 6.74. The van der Waals surface area contributed by atoms with Gasteiger partial charge in [0.2, 0.25) is 0 Å². The Morgan fingerprint density at radius 3 is 2.71 bits per heavy atom. The van der Waals surface area contributed by atoms with Crippen LogP contribution < -0.4 is 5.32 Å². The van der Waals surface area contributed by atoms with Crippen molar-refractivity contribution in [3.63, 3.8) is 0 Å². The molecule has 0 spiro atoms.